The first-order valence-electron chi connectivity index (χ1n) is 11.1. The Bertz CT molecular complexity index is 828. The third kappa shape index (κ3) is 7.28. The molecule has 1 aromatic carbocycles. The molecule has 0 saturated carbocycles. The molecule has 0 aliphatic rings. The Kier molecular flexibility index (Phi) is 10.4. The predicted octanol–water partition coefficient (Wildman–Crippen LogP) is 5.22. The zero-order valence-electron chi connectivity index (χ0n) is 19.4. The molecule has 2 aromatic rings. The summed E-state index contributed by atoms with van der Waals surface area (Å²) in [6.45, 7) is 14.3. The van der Waals surface area contributed by atoms with Gasteiger partial charge in [0.05, 0.1) is 10.0 Å². The van der Waals surface area contributed by atoms with E-state index in [1.807, 2.05) is 12.1 Å². The minimum absolute atomic E-state index is 0.166. The quantitative estimate of drug-likeness (QED) is 0.462. The minimum Gasteiger partial charge on any atom is -0.382 e. The number of nitrogens with zero attached hydrogens (tertiary/aromatic N) is 5. The van der Waals surface area contributed by atoms with E-state index in [1.165, 1.54) is 0 Å². The van der Waals surface area contributed by atoms with Crippen LogP contribution >= 0.6 is 23.2 Å². The molecule has 8 heteroatoms. The molecule has 31 heavy (non-hydrogen) atoms. The maximum absolute atomic E-state index is 6.30. The molecule has 0 saturated heterocycles. The first kappa shape index (κ1) is 25.8. The molecule has 0 radical (unpaired) electrons. The average molecular weight is 467 g/mol. The van der Waals surface area contributed by atoms with Crippen molar-refractivity contribution in [2.24, 2.45) is 5.92 Å². The van der Waals surface area contributed by atoms with Crippen LogP contribution in [0.25, 0.3) is 11.3 Å². The lowest BCUT2D eigenvalue weighted by Crippen LogP contribution is -2.33. The summed E-state index contributed by atoms with van der Waals surface area (Å²) in [5.41, 5.74) is 7.31. The van der Waals surface area contributed by atoms with Crippen LogP contribution < -0.4 is 5.73 Å². The van der Waals surface area contributed by atoms with Gasteiger partial charge in [-0.2, -0.15) is 0 Å². The molecule has 2 unspecified atom stereocenters. The molecular formula is C23H36Cl2N6. The van der Waals surface area contributed by atoms with E-state index >= 15 is 0 Å². The van der Waals surface area contributed by atoms with Gasteiger partial charge in [0, 0.05) is 24.6 Å². The number of nitrogen functional groups attached to an aromatic ring is 1. The molecule has 0 amide bonds. The van der Waals surface area contributed by atoms with Gasteiger partial charge in [-0.1, -0.05) is 63.0 Å². The van der Waals surface area contributed by atoms with E-state index in [9.17, 15) is 0 Å². The van der Waals surface area contributed by atoms with E-state index in [-0.39, 0.29) is 5.92 Å². The van der Waals surface area contributed by atoms with Crippen molar-refractivity contribution in [3.05, 3.63) is 34.1 Å². The van der Waals surface area contributed by atoms with E-state index in [0.29, 0.717) is 38.9 Å². The Morgan fingerprint density at radius 3 is 2.39 bits per heavy atom. The van der Waals surface area contributed by atoms with Gasteiger partial charge in [0.25, 0.3) is 0 Å². The highest BCUT2D eigenvalue weighted by Crippen LogP contribution is 2.35. The second-order valence-corrected chi connectivity index (χ2v) is 9.03. The van der Waals surface area contributed by atoms with Gasteiger partial charge < -0.3 is 15.5 Å². The van der Waals surface area contributed by atoms with Crippen LogP contribution in [-0.2, 0) is 0 Å². The molecule has 2 rings (SSSR count). The zero-order chi connectivity index (χ0) is 23.0. The Morgan fingerprint density at radius 1 is 1.03 bits per heavy atom. The van der Waals surface area contributed by atoms with Crippen molar-refractivity contribution in [2.45, 2.75) is 46.5 Å². The fraction of sp³-hybridized carbons (Fsp3) is 0.609. The number of rotatable bonds is 12. The van der Waals surface area contributed by atoms with Crippen molar-refractivity contribution in [1.29, 1.82) is 0 Å². The van der Waals surface area contributed by atoms with Gasteiger partial charge in [-0.3, -0.25) is 0 Å². The summed E-state index contributed by atoms with van der Waals surface area (Å²) in [6, 6.07) is 5.35. The van der Waals surface area contributed by atoms with E-state index in [4.69, 9.17) is 28.9 Å². The highest BCUT2D eigenvalue weighted by atomic mass is 35.5. The van der Waals surface area contributed by atoms with E-state index in [0.717, 1.165) is 45.6 Å². The van der Waals surface area contributed by atoms with Gasteiger partial charge in [0.1, 0.15) is 5.69 Å². The zero-order valence-corrected chi connectivity index (χ0v) is 20.9. The van der Waals surface area contributed by atoms with Crippen molar-refractivity contribution in [2.75, 3.05) is 45.5 Å². The molecule has 0 spiro atoms. The Labute approximate surface area is 197 Å². The van der Waals surface area contributed by atoms with Crippen molar-refractivity contribution in [1.82, 2.24) is 25.0 Å². The van der Waals surface area contributed by atoms with Crippen LogP contribution in [0.1, 0.15) is 52.3 Å². The Hall–Kier alpha value is -1.47. The van der Waals surface area contributed by atoms with Gasteiger partial charge in [-0.25, -0.2) is 4.98 Å². The largest absolute Gasteiger partial charge is 0.382 e. The summed E-state index contributed by atoms with van der Waals surface area (Å²) in [5.74, 6) is 1.59. The lowest BCUT2D eigenvalue weighted by atomic mass is 9.91. The van der Waals surface area contributed by atoms with Crippen LogP contribution in [0.3, 0.4) is 0 Å². The van der Waals surface area contributed by atoms with Crippen LogP contribution in [0.4, 0.5) is 5.82 Å². The molecular weight excluding hydrogens is 431 g/mol. The van der Waals surface area contributed by atoms with Crippen LogP contribution in [-0.4, -0.2) is 64.8 Å². The predicted molar refractivity (Wildman–Crippen MR) is 132 cm³/mol. The van der Waals surface area contributed by atoms with E-state index < -0.39 is 0 Å². The average Bonchev–Trinajstić information content (AvgIpc) is 2.76. The summed E-state index contributed by atoms with van der Waals surface area (Å²) >= 11 is 12.4. The lowest BCUT2D eigenvalue weighted by Gasteiger charge is -2.24. The SMILES string of the molecule is CCN(CC)CCN(C)CCCC(C)C(C)c1nnc(-c2cccc(Cl)c2Cl)c(N)n1. The van der Waals surface area contributed by atoms with Crippen molar-refractivity contribution in [3.63, 3.8) is 0 Å². The molecule has 2 atom stereocenters. The minimum atomic E-state index is 0.166. The van der Waals surface area contributed by atoms with Gasteiger partial charge in [0.2, 0.25) is 0 Å². The molecule has 1 heterocycles. The highest BCUT2D eigenvalue weighted by molar-refractivity contribution is 6.43. The van der Waals surface area contributed by atoms with Gasteiger partial charge in [-0.05, 0) is 51.5 Å². The fourth-order valence-corrected chi connectivity index (χ4v) is 3.96. The maximum atomic E-state index is 6.30. The summed E-state index contributed by atoms with van der Waals surface area (Å²) < 4.78 is 0. The maximum Gasteiger partial charge on any atom is 0.156 e. The van der Waals surface area contributed by atoms with Crippen LogP contribution in [0.15, 0.2) is 18.2 Å². The lowest BCUT2D eigenvalue weighted by molar-refractivity contribution is 0.234. The Balaban J connectivity index is 1.91. The van der Waals surface area contributed by atoms with Crippen LogP contribution in [0.5, 0.6) is 0 Å². The number of nitrogens with two attached hydrogens (primary N) is 1. The van der Waals surface area contributed by atoms with Gasteiger partial charge in [-0.15, -0.1) is 10.2 Å². The summed E-state index contributed by atoms with van der Waals surface area (Å²) in [6.07, 6.45) is 2.24. The molecule has 2 N–H and O–H groups in total. The number of hydrogen-bond acceptors (Lipinski definition) is 6. The monoisotopic (exact) mass is 466 g/mol. The molecule has 6 nitrogen and oxygen atoms in total. The standard InChI is InChI=1S/C23H36Cl2N6/c1-6-31(7-2)15-14-30(5)13-9-10-16(3)17(4)23-27-22(26)21(28-29-23)18-11-8-12-19(24)20(18)25/h8,11-12,16-17H,6-7,9-10,13-15H2,1-5H3,(H2,26,27,29). The highest BCUT2D eigenvalue weighted by Gasteiger charge is 2.20. The van der Waals surface area contributed by atoms with E-state index in [2.05, 4.69) is 59.7 Å². The molecule has 0 aliphatic carbocycles. The van der Waals surface area contributed by atoms with Gasteiger partial charge >= 0.3 is 0 Å². The number of benzene rings is 1. The Morgan fingerprint density at radius 2 is 1.74 bits per heavy atom. The smallest absolute Gasteiger partial charge is 0.156 e. The number of anilines is 1. The molecule has 0 bridgehead atoms. The summed E-state index contributed by atoms with van der Waals surface area (Å²) in [4.78, 5) is 9.41. The fourth-order valence-electron chi connectivity index (χ4n) is 3.57. The molecule has 0 fully saturated rings. The van der Waals surface area contributed by atoms with Crippen LogP contribution in [0.2, 0.25) is 10.0 Å². The first-order valence-corrected chi connectivity index (χ1v) is 11.9. The first-order chi connectivity index (χ1) is 14.8. The summed E-state index contributed by atoms with van der Waals surface area (Å²) in [5, 5.41) is 9.55. The molecule has 1 aromatic heterocycles. The third-order valence-corrected chi connectivity index (χ3v) is 6.91. The molecule has 0 aliphatic heterocycles. The van der Waals surface area contributed by atoms with Gasteiger partial charge in [0.15, 0.2) is 11.6 Å². The summed E-state index contributed by atoms with van der Waals surface area (Å²) in [7, 11) is 2.20. The number of halogens is 2. The van der Waals surface area contributed by atoms with Crippen molar-refractivity contribution >= 4 is 29.0 Å². The number of likely N-dealkylation sites (N-methyl/N-ethyl adjacent to an activating group) is 2. The number of hydrogen-bond donors (Lipinski definition) is 1. The topological polar surface area (TPSA) is 71.2 Å². The number of aromatic nitrogens is 3. The van der Waals surface area contributed by atoms with Crippen molar-refractivity contribution < 1.29 is 0 Å². The van der Waals surface area contributed by atoms with Crippen LogP contribution in [0, 0.1) is 5.92 Å². The van der Waals surface area contributed by atoms with Crippen molar-refractivity contribution in [3.8, 4) is 11.3 Å². The normalized spacial score (nSPS) is 13.7. The second-order valence-electron chi connectivity index (χ2n) is 8.24. The molecule has 172 valence electrons. The second kappa shape index (κ2) is 12.5. The third-order valence-electron chi connectivity index (χ3n) is 6.09. The van der Waals surface area contributed by atoms with E-state index in [1.54, 1.807) is 6.07 Å².